The molecule has 5 heterocycles. The zero-order chi connectivity index (χ0) is 33.9. The second-order valence-corrected chi connectivity index (χ2v) is 15.1. The van der Waals surface area contributed by atoms with Crippen molar-refractivity contribution in [3.63, 3.8) is 0 Å². The lowest BCUT2D eigenvalue weighted by atomic mass is 9.62. The highest BCUT2D eigenvalue weighted by atomic mass is 35.5. The van der Waals surface area contributed by atoms with Gasteiger partial charge >= 0.3 is 0 Å². The molecule has 4 aromatic rings. The molecule has 1 saturated carbocycles. The number of nitrogens with zero attached hydrogens (tertiary/aromatic N) is 4. The van der Waals surface area contributed by atoms with Crippen LogP contribution in [0.1, 0.15) is 30.4 Å². The summed E-state index contributed by atoms with van der Waals surface area (Å²) in [5.41, 5.74) is 6.98. The standard InChI is InChI=1S/C38H39Cl2N5O4/c1-48-31-12-23(6-7-24(31)16-44-21-38(22-44)15-32(47)42-18-38)35-34(40)28(10-11-41-35)27-4-3-5-29(33(27)39)30-9-8-25(36(43-30)49-2)17-45-19-37(20-45)13-26(46)14-37/h3-12,26,46H,13-22H2,1-2H3,(H,42,47). The van der Waals surface area contributed by atoms with Crippen LogP contribution in [0, 0.1) is 10.8 Å². The highest BCUT2D eigenvalue weighted by Gasteiger charge is 2.51. The number of ether oxygens (including phenoxy) is 2. The van der Waals surface area contributed by atoms with E-state index < -0.39 is 0 Å². The summed E-state index contributed by atoms with van der Waals surface area (Å²) in [7, 11) is 3.32. The Balaban J connectivity index is 1.02. The number of hydrogen-bond acceptors (Lipinski definition) is 8. The van der Waals surface area contributed by atoms with E-state index in [0.717, 1.165) is 97.8 Å². The maximum absolute atomic E-state index is 11.7. The van der Waals surface area contributed by atoms with E-state index in [2.05, 4.69) is 32.2 Å². The number of pyridine rings is 2. The van der Waals surface area contributed by atoms with Gasteiger partial charge in [-0.15, -0.1) is 0 Å². The molecule has 11 heteroatoms. The van der Waals surface area contributed by atoms with Crippen LogP contribution in [0.15, 0.2) is 60.8 Å². The summed E-state index contributed by atoms with van der Waals surface area (Å²) in [6.07, 6.45) is 4.02. The van der Waals surface area contributed by atoms with Gasteiger partial charge in [0.2, 0.25) is 11.8 Å². The molecule has 0 bridgehead atoms. The van der Waals surface area contributed by atoms with Crippen molar-refractivity contribution < 1.29 is 19.4 Å². The average molecular weight is 701 g/mol. The molecule has 1 amide bonds. The molecule has 9 nitrogen and oxygen atoms in total. The first kappa shape index (κ1) is 32.5. The number of carbonyl (C=O) groups excluding carboxylic acids is 1. The molecule has 0 atom stereocenters. The molecule has 3 aliphatic heterocycles. The molecular weight excluding hydrogens is 661 g/mol. The molecule has 0 radical (unpaired) electrons. The van der Waals surface area contributed by atoms with Gasteiger partial charge in [0.25, 0.3) is 0 Å². The smallest absolute Gasteiger partial charge is 0.220 e. The van der Waals surface area contributed by atoms with Crippen molar-refractivity contribution in [2.75, 3.05) is 46.9 Å². The summed E-state index contributed by atoms with van der Waals surface area (Å²) in [6.45, 7) is 6.03. The maximum Gasteiger partial charge on any atom is 0.220 e. The number of benzene rings is 2. The number of aliphatic hydroxyl groups is 1. The number of aliphatic hydroxyl groups excluding tert-OH is 1. The summed E-state index contributed by atoms with van der Waals surface area (Å²) >= 11 is 14.2. The highest BCUT2D eigenvalue weighted by molar-refractivity contribution is 6.39. The van der Waals surface area contributed by atoms with Crippen molar-refractivity contribution in [2.45, 2.75) is 38.5 Å². The van der Waals surface area contributed by atoms with Crippen molar-refractivity contribution in [3.8, 4) is 45.3 Å². The Morgan fingerprint density at radius 2 is 1.57 bits per heavy atom. The number of halogens is 2. The third-order valence-corrected chi connectivity index (χ3v) is 11.5. The van der Waals surface area contributed by atoms with Gasteiger partial charge in [-0.25, -0.2) is 4.98 Å². The molecule has 1 aliphatic carbocycles. The minimum absolute atomic E-state index is 0.0753. The number of methoxy groups -OCH3 is 2. The van der Waals surface area contributed by atoms with Crippen molar-refractivity contribution in [3.05, 3.63) is 82.0 Å². The van der Waals surface area contributed by atoms with E-state index in [1.165, 1.54) is 0 Å². The van der Waals surface area contributed by atoms with Crippen LogP contribution >= 0.6 is 23.2 Å². The fourth-order valence-corrected chi connectivity index (χ4v) is 9.06. The summed E-state index contributed by atoms with van der Waals surface area (Å²) in [5.74, 6) is 1.49. The summed E-state index contributed by atoms with van der Waals surface area (Å²) < 4.78 is 11.5. The Labute approximate surface area is 296 Å². The van der Waals surface area contributed by atoms with Gasteiger partial charge in [-0.05, 0) is 31.0 Å². The molecule has 2 aromatic carbocycles. The monoisotopic (exact) mass is 699 g/mol. The van der Waals surface area contributed by atoms with E-state index in [1.807, 2.05) is 42.5 Å². The minimum atomic E-state index is -0.138. The number of hydrogen-bond donors (Lipinski definition) is 2. The Morgan fingerprint density at radius 3 is 2.27 bits per heavy atom. The molecule has 254 valence electrons. The second kappa shape index (κ2) is 12.5. The van der Waals surface area contributed by atoms with Crippen LogP contribution in [-0.4, -0.2) is 83.8 Å². The zero-order valence-corrected chi connectivity index (χ0v) is 29.2. The van der Waals surface area contributed by atoms with Gasteiger partial charge in [-0.2, -0.15) is 0 Å². The third-order valence-electron chi connectivity index (χ3n) is 10.7. The fraction of sp³-hybridized carbons (Fsp3) is 0.395. The van der Waals surface area contributed by atoms with E-state index in [-0.39, 0.29) is 17.4 Å². The van der Waals surface area contributed by atoms with Gasteiger partial charge in [0, 0.05) is 103 Å². The van der Waals surface area contributed by atoms with E-state index >= 15 is 0 Å². The molecule has 2 spiro atoms. The van der Waals surface area contributed by atoms with Crippen LogP contribution in [0.2, 0.25) is 10.0 Å². The van der Waals surface area contributed by atoms with Crippen molar-refractivity contribution in [2.24, 2.45) is 10.8 Å². The third kappa shape index (κ3) is 5.95. The van der Waals surface area contributed by atoms with Crippen LogP contribution < -0.4 is 14.8 Å². The number of likely N-dealkylation sites (tertiary alicyclic amines) is 2. The van der Waals surface area contributed by atoms with E-state index in [4.69, 9.17) is 37.7 Å². The van der Waals surface area contributed by atoms with E-state index in [1.54, 1.807) is 20.4 Å². The van der Waals surface area contributed by atoms with Gasteiger partial charge in [0.15, 0.2) is 0 Å². The first-order chi connectivity index (χ1) is 23.7. The number of amides is 1. The lowest BCUT2D eigenvalue weighted by Gasteiger charge is -2.58. The Kier molecular flexibility index (Phi) is 8.32. The summed E-state index contributed by atoms with van der Waals surface area (Å²) in [5, 5.41) is 13.8. The Morgan fingerprint density at radius 1 is 0.878 bits per heavy atom. The molecule has 4 aliphatic rings. The van der Waals surface area contributed by atoms with Crippen molar-refractivity contribution in [1.82, 2.24) is 25.1 Å². The van der Waals surface area contributed by atoms with Gasteiger partial charge in [0.1, 0.15) is 5.75 Å². The largest absolute Gasteiger partial charge is 0.496 e. The van der Waals surface area contributed by atoms with Crippen LogP contribution in [0.5, 0.6) is 11.6 Å². The first-order valence-electron chi connectivity index (χ1n) is 16.7. The quantitative estimate of drug-likeness (QED) is 0.217. The normalized spacial score (nSPS) is 19.7. The number of rotatable bonds is 9. The van der Waals surface area contributed by atoms with Crippen LogP contribution in [-0.2, 0) is 17.9 Å². The minimum Gasteiger partial charge on any atom is -0.496 e. The fourth-order valence-electron chi connectivity index (χ4n) is 8.41. The number of nitrogens with one attached hydrogen (secondary N) is 1. The van der Waals surface area contributed by atoms with E-state index in [0.29, 0.717) is 39.1 Å². The SMILES string of the molecule is COc1cc(-c2nccc(-c3cccc(-c4ccc(CN5CC6(CC(O)C6)C5)c(OC)n4)c3Cl)c2Cl)ccc1CN1CC2(CNC(=O)C2)C1. The van der Waals surface area contributed by atoms with Crippen molar-refractivity contribution >= 4 is 29.1 Å². The lowest BCUT2D eigenvalue weighted by molar-refractivity contribution is -0.131. The Hall–Kier alpha value is -3.73. The first-order valence-corrected chi connectivity index (χ1v) is 17.5. The van der Waals surface area contributed by atoms with E-state index in [9.17, 15) is 9.90 Å². The number of carbonyl (C=O) groups is 1. The van der Waals surface area contributed by atoms with Gasteiger partial charge in [0.05, 0.1) is 41.8 Å². The molecule has 2 aromatic heterocycles. The zero-order valence-electron chi connectivity index (χ0n) is 27.6. The molecule has 8 rings (SSSR count). The molecule has 4 fully saturated rings. The molecular formula is C38H39Cl2N5O4. The van der Waals surface area contributed by atoms with Crippen LogP contribution in [0.4, 0.5) is 0 Å². The molecule has 3 saturated heterocycles. The summed E-state index contributed by atoms with van der Waals surface area (Å²) in [4.78, 5) is 26.0. The van der Waals surface area contributed by atoms with Crippen molar-refractivity contribution in [1.29, 1.82) is 0 Å². The second-order valence-electron chi connectivity index (χ2n) is 14.4. The van der Waals surface area contributed by atoms with Crippen LogP contribution in [0.3, 0.4) is 0 Å². The topological polar surface area (TPSA) is 100 Å². The van der Waals surface area contributed by atoms with Gasteiger partial charge < -0.3 is 19.9 Å². The van der Waals surface area contributed by atoms with Crippen LogP contribution in [0.25, 0.3) is 33.6 Å². The maximum atomic E-state index is 11.7. The highest BCUT2D eigenvalue weighted by Crippen LogP contribution is 2.49. The average Bonchev–Trinajstić information content (AvgIpc) is 3.45. The number of aromatic nitrogens is 2. The predicted molar refractivity (Wildman–Crippen MR) is 190 cm³/mol. The molecule has 0 unspecified atom stereocenters. The van der Waals surface area contributed by atoms with Gasteiger partial charge in [-0.1, -0.05) is 59.6 Å². The molecule has 2 N–H and O–H groups in total. The molecule has 49 heavy (non-hydrogen) atoms. The summed E-state index contributed by atoms with van der Waals surface area (Å²) in [6, 6.07) is 17.9. The predicted octanol–water partition coefficient (Wildman–Crippen LogP) is 6.08. The lowest BCUT2D eigenvalue weighted by Crippen LogP contribution is -2.63. The Bertz CT molecular complexity index is 1930. The van der Waals surface area contributed by atoms with Gasteiger partial charge in [-0.3, -0.25) is 19.6 Å².